The number of hydrogen-bond donors (Lipinski definition) is 2. The number of aliphatic hydroxyl groups excluding tert-OH is 1. The molecule has 1 fully saturated rings. The molecule has 0 heterocycles. The van der Waals surface area contributed by atoms with E-state index in [2.05, 4.69) is 4.72 Å². The standard InChI is InChI=1S/C14H17FN2O3S/c15-11-5-4-8-14(10(11)9-16)21(19,20)17-12-6-2-1-3-7-13(12)18/h4-5,8,12-13,17-18H,1-3,6-7H2. The summed E-state index contributed by atoms with van der Waals surface area (Å²) in [4.78, 5) is -0.388. The number of nitrogens with one attached hydrogen (secondary N) is 1. The quantitative estimate of drug-likeness (QED) is 0.831. The molecule has 0 aliphatic heterocycles. The van der Waals surface area contributed by atoms with Crippen LogP contribution in [0.15, 0.2) is 23.1 Å². The van der Waals surface area contributed by atoms with Gasteiger partial charge in [0.15, 0.2) is 0 Å². The second-order valence-electron chi connectivity index (χ2n) is 5.16. The highest BCUT2D eigenvalue weighted by Crippen LogP contribution is 2.22. The fourth-order valence-electron chi connectivity index (χ4n) is 2.53. The van der Waals surface area contributed by atoms with E-state index >= 15 is 0 Å². The number of rotatable bonds is 3. The molecule has 0 bridgehead atoms. The van der Waals surface area contributed by atoms with Gasteiger partial charge in [-0.15, -0.1) is 0 Å². The van der Waals surface area contributed by atoms with Crippen molar-refractivity contribution in [3.05, 3.63) is 29.6 Å². The molecule has 2 atom stereocenters. The molecular formula is C14H17FN2O3S. The number of sulfonamides is 1. The molecule has 1 aliphatic rings. The Morgan fingerprint density at radius 3 is 2.71 bits per heavy atom. The van der Waals surface area contributed by atoms with Crippen LogP contribution >= 0.6 is 0 Å². The predicted octanol–water partition coefficient (Wildman–Crippen LogP) is 1.67. The Morgan fingerprint density at radius 2 is 2.00 bits per heavy atom. The Hall–Kier alpha value is -1.49. The van der Waals surface area contributed by atoms with Gasteiger partial charge in [-0.05, 0) is 25.0 Å². The van der Waals surface area contributed by atoms with E-state index in [4.69, 9.17) is 5.26 Å². The van der Waals surface area contributed by atoms with Crippen molar-refractivity contribution in [3.8, 4) is 6.07 Å². The van der Waals surface area contributed by atoms with Crippen LogP contribution in [0.3, 0.4) is 0 Å². The number of nitrogens with zero attached hydrogens (tertiary/aromatic N) is 1. The maximum atomic E-state index is 13.5. The molecule has 0 saturated heterocycles. The summed E-state index contributed by atoms with van der Waals surface area (Å²) in [5, 5.41) is 18.9. The van der Waals surface area contributed by atoms with Crippen LogP contribution in [0.1, 0.15) is 37.7 Å². The van der Waals surface area contributed by atoms with E-state index in [0.717, 1.165) is 25.3 Å². The van der Waals surface area contributed by atoms with Gasteiger partial charge in [0, 0.05) is 6.04 Å². The Bertz CT molecular complexity index is 655. The molecule has 0 spiro atoms. The Labute approximate surface area is 123 Å². The first-order valence-corrected chi connectivity index (χ1v) is 8.33. The monoisotopic (exact) mass is 312 g/mol. The first-order valence-electron chi connectivity index (χ1n) is 6.84. The highest BCUT2D eigenvalue weighted by atomic mass is 32.2. The molecule has 7 heteroatoms. The summed E-state index contributed by atoms with van der Waals surface area (Å²) >= 11 is 0. The largest absolute Gasteiger partial charge is 0.391 e. The average Bonchev–Trinajstić information content (AvgIpc) is 2.63. The van der Waals surface area contributed by atoms with E-state index < -0.39 is 33.5 Å². The minimum Gasteiger partial charge on any atom is -0.391 e. The maximum Gasteiger partial charge on any atom is 0.242 e. The lowest BCUT2D eigenvalue weighted by molar-refractivity contribution is 0.130. The molecule has 114 valence electrons. The van der Waals surface area contributed by atoms with Crippen molar-refractivity contribution in [2.24, 2.45) is 0 Å². The molecule has 5 nitrogen and oxygen atoms in total. The molecule has 2 N–H and O–H groups in total. The van der Waals surface area contributed by atoms with Crippen LogP contribution < -0.4 is 4.72 Å². The summed E-state index contributed by atoms with van der Waals surface area (Å²) in [6, 6.07) is 4.44. The topological polar surface area (TPSA) is 90.2 Å². The van der Waals surface area contributed by atoms with Crippen molar-refractivity contribution < 1.29 is 17.9 Å². The second kappa shape index (κ2) is 6.52. The first kappa shape index (κ1) is 15.9. The van der Waals surface area contributed by atoms with Gasteiger partial charge in [0.25, 0.3) is 0 Å². The minimum absolute atomic E-state index is 0.388. The number of hydrogen-bond acceptors (Lipinski definition) is 4. The summed E-state index contributed by atoms with van der Waals surface area (Å²) < 4.78 is 40.6. The van der Waals surface area contributed by atoms with Crippen LogP contribution in [0.25, 0.3) is 0 Å². The van der Waals surface area contributed by atoms with E-state index in [1.165, 1.54) is 12.1 Å². The number of aliphatic hydroxyl groups is 1. The molecule has 1 saturated carbocycles. The lowest BCUT2D eigenvalue weighted by atomic mass is 10.1. The van der Waals surface area contributed by atoms with Crippen molar-refractivity contribution in [2.45, 2.75) is 49.1 Å². The number of nitriles is 1. The van der Waals surface area contributed by atoms with Gasteiger partial charge >= 0.3 is 0 Å². The summed E-state index contributed by atoms with van der Waals surface area (Å²) in [6.07, 6.45) is 2.90. The van der Waals surface area contributed by atoms with Gasteiger partial charge in [-0.25, -0.2) is 17.5 Å². The van der Waals surface area contributed by atoms with Crippen LogP contribution in [0, 0.1) is 17.1 Å². The molecule has 2 rings (SSSR count). The fourth-order valence-corrected chi connectivity index (χ4v) is 4.00. The van der Waals surface area contributed by atoms with Gasteiger partial charge in [-0.1, -0.05) is 25.3 Å². The predicted molar refractivity (Wildman–Crippen MR) is 74.3 cm³/mol. The molecule has 21 heavy (non-hydrogen) atoms. The molecule has 1 aliphatic carbocycles. The third-order valence-corrected chi connectivity index (χ3v) is 5.19. The molecule has 0 amide bonds. The normalized spacial score (nSPS) is 23.3. The Morgan fingerprint density at radius 1 is 1.29 bits per heavy atom. The van der Waals surface area contributed by atoms with Crippen molar-refractivity contribution in [1.29, 1.82) is 5.26 Å². The van der Waals surface area contributed by atoms with E-state index in [1.54, 1.807) is 6.07 Å². The van der Waals surface area contributed by atoms with Crippen LogP contribution in [0.4, 0.5) is 4.39 Å². The van der Waals surface area contributed by atoms with Crippen molar-refractivity contribution in [2.75, 3.05) is 0 Å². The molecule has 0 aromatic heterocycles. The van der Waals surface area contributed by atoms with Crippen LogP contribution in [0.5, 0.6) is 0 Å². The van der Waals surface area contributed by atoms with Gasteiger partial charge in [-0.2, -0.15) is 5.26 Å². The van der Waals surface area contributed by atoms with Crippen molar-refractivity contribution >= 4 is 10.0 Å². The summed E-state index contributed by atoms with van der Waals surface area (Å²) in [5.41, 5.74) is -0.506. The van der Waals surface area contributed by atoms with Crippen LogP contribution in [-0.2, 0) is 10.0 Å². The lowest BCUT2D eigenvalue weighted by Gasteiger charge is -2.21. The van der Waals surface area contributed by atoms with Crippen molar-refractivity contribution in [3.63, 3.8) is 0 Å². The van der Waals surface area contributed by atoms with E-state index in [9.17, 15) is 17.9 Å². The summed E-state index contributed by atoms with van der Waals surface area (Å²) in [6.45, 7) is 0. The summed E-state index contributed by atoms with van der Waals surface area (Å²) in [5.74, 6) is -0.873. The zero-order valence-electron chi connectivity index (χ0n) is 11.4. The van der Waals surface area contributed by atoms with Gasteiger partial charge in [0.1, 0.15) is 22.3 Å². The molecule has 1 aromatic carbocycles. The molecule has 2 unspecified atom stereocenters. The Kier molecular flexibility index (Phi) is 4.93. The second-order valence-corrected chi connectivity index (χ2v) is 6.84. The van der Waals surface area contributed by atoms with Gasteiger partial charge < -0.3 is 5.11 Å². The zero-order valence-corrected chi connectivity index (χ0v) is 12.2. The molecule has 0 radical (unpaired) electrons. The maximum absolute atomic E-state index is 13.5. The molecule has 1 aromatic rings. The van der Waals surface area contributed by atoms with Crippen LogP contribution in [-0.4, -0.2) is 25.7 Å². The first-order chi connectivity index (χ1) is 9.95. The smallest absolute Gasteiger partial charge is 0.242 e. The third-order valence-electron chi connectivity index (χ3n) is 3.66. The van der Waals surface area contributed by atoms with E-state index in [1.807, 2.05) is 0 Å². The van der Waals surface area contributed by atoms with Crippen molar-refractivity contribution in [1.82, 2.24) is 4.72 Å². The average molecular weight is 312 g/mol. The SMILES string of the molecule is N#Cc1c(F)cccc1S(=O)(=O)NC1CCCCCC1O. The van der Waals surface area contributed by atoms with Gasteiger partial charge in [-0.3, -0.25) is 0 Å². The van der Waals surface area contributed by atoms with Crippen LogP contribution in [0.2, 0.25) is 0 Å². The number of benzene rings is 1. The van der Waals surface area contributed by atoms with E-state index in [-0.39, 0.29) is 4.90 Å². The Balaban J connectivity index is 2.30. The highest BCUT2D eigenvalue weighted by molar-refractivity contribution is 7.89. The fraction of sp³-hybridized carbons (Fsp3) is 0.500. The third kappa shape index (κ3) is 3.59. The van der Waals surface area contributed by atoms with Gasteiger partial charge in [0.05, 0.1) is 6.10 Å². The number of halogens is 1. The van der Waals surface area contributed by atoms with Gasteiger partial charge in [0.2, 0.25) is 10.0 Å². The molecular weight excluding hydrogens is 295 g/mol. The highest BCUT2D eigenvalue weighted by Gasteiger charge is 2.29. The zero-order chi connectivity index (χ0) is 15.5. The van der Waals surface area contributed by atoms with E-state index in [0.29, 0.717) is 12.8 Å². The lowest BCUT2D eigenvalue weighted by Crippen LogP contribution is -2.42. The minimum atomic E-state index is -4.05. The summed E-state index contributed by atoms with van der Waals surface area (Å²) in [7, 11) is -4.05.